The minimum absolute atomic E-state index is 0.898. The fourth-order valence-corrected chi connectivity index (χ4v) is 9.39. The maximum Gasteiger partial charge on any atom is 0.136 e. The lowest BCUT2D eigenvalue weighted by atomic mass is 9.98. The molecule has 0 radical (unpaired) electrons. The van der Waals surface area contributed by atoms with E-state index in [0.29, 0.717) is 0 Å². The lowest BCUT2D eigenvalue weighted by Gasteiger charge is -2.26. The Balaban J connectivity index is 0.924. The van der Waals surface area contributed by atoms with Gasteiger partial charge in [-0.05, 0) is 123 Å². The first-order valence-electron chi connectivity index (χ1n) is 21.5. The van der Waals surface area contributed by atoms with Crippen LogP contribution in [0.15, 0.2) is 247 Å². The molecule has 10 aromatic carbocycles. The second-order valence-electron chi connectivity index (χ2n) is 16.1. The molecule has 0 saturated heterocycles. The molecule has 0 amide bonds. The number of para-hydroxylation sites is 3. The summed E-state index contributed by atoms with van der Waals surface area (Å²) in [5.74, 6) is 0. The number of hydrogen-bond donors (Lipinski definition) is 0. The SMILES string of the molecule is c1ccc(-c2cccc(-c3ccc(N(c4ccc(-c5cccc(-n6c7ccccc7c7ccccc76)c5)cc4)c4ccc(-c5cccc6oc7ccccc7c56)cc4)cc3)c2)cc1. The Morgan fingerprint density at radius 3 is 1.37 bits per heavy atom. The van der Waals surface area contributed by atoms with E-state index in [9.17, 15) is 0 Å². The number of fused-ring (bicyclic) bond motifs is 6. The van der Waals surface area contributed by atoms with Crippen molar-refractivity contribution < 1.29 is 4.42 Å². The third-order valence-corrected chi connectivity index (χ3v) is 12.4. The van der Waals surface area contributed by atoms with Crippen LogP contribution in [0.2, 0.25) is 0 Å². The van der Waals surface area contributed by atoms with Gasteiger partial charge in [0.2, 0.25) is 0 Å². The highest BCUT2D eigenvalue weighted by atomic mass is 16.3. The van der Waals surface area contributed by atoms with Gasteiger partial charge in [-0.1, -0.05) is 164 Å². The molecule has 0 spiro atoms. The van der Waals surface area contributed by atoms with Gasteiger partial charge in [0, 0.05) is 44.3 Å². The summed E-state index contributed by atoms with van der Waals surface area (Å²) >= 11 is 0. The van der Waals surface area contributed by atoms with Gasteiger partial charge in [0.05, 0.1) is 11.0 Å². The zero-order chi connectivity index (χ0) is 41.7. The van der Waals surface area contributed by atoms with Gasteiger partial charge in [-0.15, -0.1) is 0 Å². The summed E-state index contributed by atoms with van der Waals surface area (Å²) < 4.78 is 8.63. The van der Waals surface area contributed by atoms with Crippen molar-refractivity contribution in [3.63, 3.8) is 0 Å². The highest BCUT2D eigenvalue weighted by molar-refractivity contribution is 6.12. The van der Waals surface area contributed by atoms with Gasteiger partial charge in [-0.3, -0.25) is 0 Å². The highest BCUT2D eigenvalue weighted by Crippen LogP contribution is 2.41. The van der Waals surface area contributed by atoms with Crippen molar-refractivity contribution in [3.8, 4) is 50.2 Å². The lowest BCUT2D eigenvalue weighted by Crippen LogP contribution is -2.09. The first kappa shape index (κ1) is 36.5. The normalized spacial score (nSPS) is 11.5. The standard InChI is InChI=1S/C60H40N2O/c1-2-13-41(14-3-1)45-15-10-16-46(39-45)42-27-33-48(34-28-42)61(50-37-31-44(32-38-50)52-22-12-26-59-60(52)55-21-6-9-25-58(55)63-59)49-35-29-43(30-36-49)47-17-11-18-51(40-47)62-56-23-7-4-19-53(56)54-20-5-8-24-57(54)62/h1-40H. The second-order valence-corrected chi connectivity index (χ2v) is 16.1. The average molecular weight is 805 g/mol. The van der Waals surface area contributed by atoms with Crippen LogP contribution < -0.4 is 4.90 Å². The summed E-state index contributed by atoms with van der Waals surface area (Å²) in [7, 11) is 0. The Kier molecular flexibility index (Phi) is 8.83. The molecule has 0 atom stereocenters. The van der Waals surface area contributed by atoms with Gasteiger partial charge in [0.1, 0.15) is 11.2 Å². The van der Waals surface area contributed by atoms with Crippen LogP contribution in [0.3, 0.4) is 0 Å². The zero-order valence-electron chi connectivity index (χ0n) is 34.4. The fraction of sp³-hybridized carbons (Fsp3) is 0. The van der Waals surface area contributed by atoms with Crippen LogP contribution in [0.1, 0.15) is 0 Å². The fourth-order valence-electron chi connectivity index (χ4n) is 9.39. The predicted octanol–water partition coefficient (Wildman–Crippen LogP) is 16.8. The number of anilines is 3. The minimum atomic E-state index is 0.898. The first-order valence-corrected chi connectivity index (χ1v) is 21.5. The van der Waals surface area contributed by atoms with Gasteiger partial charge >= 0.3 is 0 Å². The van der Waals surface area contributed by atoms with Crippen molar-refractivity contribution in [3.05, 3.63) is 243 Å². The highest BCUT2D eigenvalue weighted by Gasteiger charge is 2.17. The Morgan fingerprint density at radius 1 is 0.302 bits per heavy atom. The van der Waals surface area contributed by atoms with Crippen LogP contribution in [0.25, 0.3) is 93.9 Å². The molecule has 0 unspecified atom stereocenters. The Hall–Kier alpha value is -8.40. The zero-order valence-corrected chi connectivity index (χ0v) is 34.4. The monoisotopic (exact) mass is 804 g/mol. The van der Waals surface area contributed by atoms with Crippen LogP contribution in [-0.2, 0) is 0 Å². The van der Waals surface area contributed by atoms with Crippen molar-refractivity contribution in [1.82, 2.24) is 4.57 Å². The molecular formula is C60H40N2O. The quantitative estimate of drug-likeness (QED) is 0.153. The summed E-state index contributed by atoms with van der Waals surface area (Å²) in [4.78, 5) is 2.35. The molecule has 0 aliphatic carbocycles. The molecule has 296 valence electrons. The number of hydrogen-bond acceptors (Lipinski definition) is 2. The number of benzene rings is 10. The van der Waals surface area contributed by atoms with Crippen molar-refractivity contribution >= 4 is 60.8 Å². The Morgan fingerprint density at radius 2 is 0.746 bits per heavy atom. The van der Waals surface area contributed by atoms with Gasteiger partial charge in [-0.2, -0.15) is 0 Å². The molecule has 2 heterocycles. The van der Waals surface area contributed by atoms with Gasteiger partial charge in [-0.25, -0.2) is 0 Å². The summed E-state index contributed by atoms with van der Waals surface area (Å²) in [5.41, 5.74) is 18.0. The molecule has 0 bridgehead atoms. The number of aromatic nitrogens is 1. The van der Waals surface area contributed by atoms with Crippen LogP contribution in [0, 0.1) is 0 Å². The summed E-state index contributed by atoms with van der Waals surface area (Å²) in [6.45, 7) is 0. The van der Waals surface area contributed by atoms with Crippen LogP contribution in [0.4, 0.5) is 17.1 Å². The summed E-state index contributed by atoms with van der Waals surface area (Å²) in [5, 5.41) is 4.79. The van der Waals surface area contributed by atoms with Crippen LogP contribution in [0.5, 0.6) is 0 Å². The Bertz CT molecular complexity index is 3550. The van der Waals surface area contributed by atoms with Crippen molar-refractivity contribution in [2.24, 2.45) is 0 Å². The lowest BCUT2D eigenvalue weighted by molar-refractivity contribution is 0.669. The number of furan rings is 1. The summed E-state index contributed by atoms with van der Waals surface area (Å²) in [6, 6.07) is 87.1. The van der Waals surface area contributed by atoms with E-state index in [1.165, 1.54) is 49.6 Å². The molecule has 2 aromatic heterocycles. The van der Waals surface area contributed by atoms with Crippen molar-refractivity contribution in [2.45, 2.75) is 0 Å². The molecule has 3 heteroatoms. The van der Waals surface area contributed by atoms with Gasteiger partial charge < -0.3 is 13.9 Å². The molecule has 3 nitrogen and oxygen atoms in total. The third-order valence-electron chi connectivity index (χ3n) is 12.4. The van der Waals surface area contributed by atoms with E-state index in [2.05, 4.69) is 240 Å². The maximum absolute atomic E-state index is 6.25. The molecule has 0 aliphatic heterocycles. The number of nitrogens with zero attached hydrogens (tertiary/aromatic N) is 2. The van der Waals surface area contributed by atoms with Gasteiger partial charge in [0.25, 0.3) is 0 Å². The first-order chi connectivity index (χ1) is 31.2. The van der Waals surface area contributed by atoms with E-state index < -0.39 is 0 Å². The molecule has 12 rings (SSSR count). The van der Waals surface area contributed by atoms with E-state index in [0.717, 1.165) is 61.4 Å². The topological polar surface area (TPSA) is 21.3 Å². The van der Waals surface area contributed by atoms with E-state index in [-0.39, 0.29) is 0 Å². The van der Waals surface area contributed by atoms with Crippen molar-refractivity contribution in [1.29, 1.82) is 0 Å². The molecular weight excluding hydrogens is 765 g/mol. The largest absolute Gasteiger partial charge is 0.456 e. The second kappa shape index (κ2) is 15.3. The van der Waals surface area contributed by atoms with Crippen molar-refractivity contribution in [2.75, 3.05) is 4.90 Å². The smallest absolute Gasteiger partial charge is 0.136 e. The summed E-state index contributed by atoms with van der Waals surface area (Å²) in [6.07, 6.45) is 0. The molecule has 0 fully saturated rings. The molecule has 63 heavy (non-hydrogen) atoms. The van der Waals surface area contributed by atoms with E-state index in [4.69, 9.17) is 4.42 Å². The maximum atomic E-state index is 6.25. The third kappa shape index (κ3) is 6.46. The Labute approximate surface area is 366 Å². The van der Waals surface area contributed by atoms with Gasteiger partial charge in [0.15, 0.2) is 0 Å². The van der Waals surface area contributed by atoms with E-state index >= 15 is 0 Å². The predicted molar refractivity (Wildman–Crippen MR) is 264 cm³/mol. The van der Waals surface area contributed by atoms with Crippen LogP contribution >= 0.6 is 0 Å². The molecule has 0 saturated carbocycles. The molecule has 12 aromatic rings. The van der Waals surface area contributed by atoms with Crippen LogP contribution in [-0.4, -0.2) is 4.57 Å². The van der Waals surface area contributed by atoms with E-state index in [1.807, 2.05) is 12.1 Å². The number of rotatable bonds is 8. The molecule has 0 aliphatic rings. The van der Waals surface area contributed by atoms with E-state index in [1.54, 1.807) is 0 Å². The minimum Gasteiger partial charge on any atom is -0.456 e. The average Bonchev–Trinajstić information content (AvgIpc) is 3.91. The molecule has 0 N–H and O–H groups in total.